The van der Waals surface area contributed by atoms with Crippen LogP contribution in [0.5, 0.6) is 0 Å². The fraction of sp³-hybridized carbons (Fsp3) is 1.00. The minimum Gasteiger partial charge on any atom is -0.396 e. The van der Waals surface area contributed by atoms with E-state index in [4.69, 9.17) is 40.1 Å². The number of rotatable bonds is 44. The van der Waals surface area contributed by atoms with Crippen molar-refractivity contribution >= 4 is 0 Å². The van der Waals surface area contributed by atoms with Gasteiger partial charge in [-0.05, 0) is 227 Å². The maximum atomic E-state index is 9.38. The van der Waals surface area contributed by atoms with Gasteiger partial charge in [0.05, 0.1) is 0 Å². The summed E-state index contributed by atoms with van der Waals surface area (Å²) in [6, 6.07) is 0. The highest BCUT2D eigenvalue weighted by molar-refractivity contribution is 4.70. The van der Waals surface area contributed by atoms with Gasteiger partial charge in [-0.3, -0.25) is 0 Å². The molecular formula is C39H93N13O. The minimum absolute atomic E-state index is 0.249. The molecule has 0 rings (SSSR count). The molecule has 0 amide bonds. The summed E-state index contributed by atoms with van der Waals surface area (Å²) in [6.07, 6.45) is 14.0. The average Bonchev–Trinajstić information content (AvgIpc) is 3.17. The molecule has 0 bridgehead atoms. The van der Waals surface area contributed by atoms with Gasteiger partial charge >= 0.3 is 0 Å². The molecule has 15 N–H and O–H groups in total. The molecule has 0 aromatic heterocycles. The molecule has 0 aliphatic heterocycles. The summed E-state index contributed by atoms with van der Waals surface area (Å²) >= 11 is 0. The maximum absolute atomic E-state index is 9.38. The minimum atomic E-state index is 0.249. The Labute approximate surface area is 327 Å². The smallest absolute Gasteiger partial charge is 0.0443 e. The normalized spacial score (nSPS) is 12.3. The third-order valence-corrected chi connectivity index (χ3v) is 10.1. The van der Waals surface area contributed by atoms with Crippen molar-refractivity contribution in [3.05, 3.63) is 0 Å². The molecule has 0 spiro atoms. The number of unbranched alkanes of at least 4 members (excludes halogenated alkanes) is 1. The van der Waals surface area contributed by atoms with Crippen LogP contribution in [0.2, 0.25) is 0 Å². The molecule has 14 nitrogen and oxygen atoms in total. The Hall–Kier alpha value is -0.560. The Kier molecular flexibility index (Phi) is 40.7. The molecule has 0 heterocycles. The van der Waals surface area contributed by atoms with Gasteiger partial charge in [0.1, 0.15) is 0 Å². The van der Waals surface area contributed by atoms with Gasteiger partial charge in [-0.2, -0.15) is 0 Å². The van der Waals surface area contributed by atoms with Gasteiger partial charge in [0.25, 0.3) is 0 Å². The summed E-state index contributed by atoms with van der Waals surface area (Å²) in [4.78, 5) is 15.5. The molecule has 0 aromatic carbocycles. The molecule has 53 heavy (non-hydrogen) atoms. The van der Waals surface area contributed by atoms with Crippen LogP contribution >= 0.6 is 0 Å². The number of nitrogens with two attached hydrogens (primary N) is 7. The first-order chi connectivity index (χ1) is 26.0. The topological polar surface area (TPSA) is 222 Å². The number of nitrogens with zero attached hydrogens (tertiary/aromatic N) is 6. The van der Waals surface area contributed by atoms with Crippen LogP contribution in [0, 0.1) is 0 Å². The molecule has 320 valence electrons. The molecule has 0 saturated heterocycles. The van der Waals surface area contributed by atoms with Crippen LogP contribution in [0.3, 0.4) is 0 Å². The molecular weight excluding hydrogens is 667 g/mol. The van der Waals surface area contributed by atoms with Gasteiger partial charge in [-0.1, -0.05) is 0 Å². The van der Waals surface area contributed by atoms with Crippen LogP contribution in [0.1, 0.15) is 83.5 Å². The zero-order valence-corrected chi connectivity index (χ0v) is 34.7. The lowest BCUT2D eigenvalue weighted by Gasteiger charge is -2.29. The van der Waals surface area contributed by atoms with E-state index < -0.39 is 0 Å². The summed E-state index contributed by atoms with van der Waals surface area (Å²) in [5.74, 6) is 0. The second-order valence-electron chi connectivity index (χ2n) is 14.9. The number of hydrogen-bond acceptors (Lipinski definition) is 14. The van der Waals surface area contributed by atoms with E-state index in [1.165, 1.54) is 25.7 Å². The third kappa shape index (κ3) is 33.3. The molecule has 0 radical (unpaired) electrons. The standard InChI is InChI=1S/C39H93N13O/c40-14-3-23-47(37-13-39-53)21-1-2-22-48(29-9-31-49(24-4-15-41)25-5-16-42)30-10-33-51(35-12-36-52(38-20-46)28-8-19-45)34-11-32-50(26-6-17-43)27-7-18-44/h53H,1-46H2. The molecule has 0 fully saturated rings. The van der Waals surface area contributed by atoms with Crippen molar-refractivity contribution < 1.29 is 5.11 Å². The first-order valence-electron chi connectivity index (χ1n) is 21.9. The largest absolute Gasteiger partial charge is 0.396 e. The van der Waals surface area contributed by atoms with Crippen LogP contribution in [0.25, 0.3) is 0 Å². The van der Waals surface area contributed by atoms with E-state index in [0.717, 1.165) is 215 Å². The van der Waals surface area contributed by atoms with E-state index in [0.29, 0.717) is 6.54 Å². The van der Waals surface area contributed by atoms with Crippen molar-refractivity contribution in [3.63, 3.8) is 0 Å². The van der Waals surface area contributed by atoms with Gasteiger partial charge in [0.2, 0.25) is 0 Å². The number of aliphatic hydroxyl groups excluding tert-OH is 1. The zero-order valence-electron chi connectivity index (χ0n) is 34.7. The predicted molar refractivity (Wildman–Crippen MR) is 229 cm³/mol. The second-order valence-corrected chi connectivity index (χ2v) is 14.9. The summed E-state index contributed by atoms with van der Waals surface area (Å²) in [6.45, 7) is 24.6. The Balaban J connectivity index is 5.46. The second kappa shape index (κ2) is 41.1. The molecule has 0 saturated carbocycles. The van der Waals surface area contributed by atoms with E-state index >= 15 is 0 Å². The summed E-state index contributed by atoms with van der Waals surface area (Å²) in [7, 11) is 0. The van der Waals surface area contributed by atoms with Gasteiger partial charge < -0.3 is 74.6 Å². The summed E-state index contributed by atoms with van der Waals surface area (Å²) in [5, 5.41) is 9.38. The monoisotopic (exact) mass is 760 g/mol. The van der Waals surface area contributed by atoms with Gasteiger partial charge in [0, 0.05) is 26.2 Å². The zero-order chi connectivity index (χ0) is 39.0. The Morgan fingerprint density at radius 1 is 0.208 bits per heavy atom. The van der Waals surface area contributed by atoms with Crippen molar-refractivity contribution in [1.82, 2.24) is 29.4 Å². The van der Waals surface area contributed by atoms with Crippen molar-refractivity contribution in [2.75, 3.05) is 170 Å². The average molecular weight is 760 g/mol. The maximum Gasteiger partial charge on any atom is 0.0443 e. The quantitative estimate of drug-likeness (QED) is 0.0370. The fourth-order valence-corrected chi connectivity index (χ4v) is 7.12. The molecule has 14 heteroatoms. The van der Waals surface area contributed by atoms with E-state index in [2.05, 4.69) is 29.4 Å². The number of aliphatic hydroxyl groups is 1. The van der Waals surface area contributed by atoms with E-state index in [1.54, 1.807) is 0 Å². The SMILES string of the molecule is NCCCN(CCN)CCCN(CCCN(CCCN)CCCN)CCCN(CCCCN(CCCN)CCCO)CCCN(CCCN)CCCN. The molecule has 0 aliphatic rings. The van der Waals surface area contributed by atoms with E-state index in [1.807, 2.05) is 0 Å². The van der Waals surface area contributed by atoms with Crippen molar-refractivity contribution in [1.29, 1.82) is 0 Å². The van der Waals surface area contributed by atoms with E-state index in [-0.39, 0.29) is 6.61 Å². The Bertz CT molecular complexity index is 690. The summed E-state index contributed by atoms with van der Waals surface area (Å²) < 4.78 is 0. The van der Waals surface area contributed by atoms with E-state index in [9.17, 15) is 5.11 Å². The highest BCUT2D eigenvalue weighted by Gasteiger charge is 2.13. The van der Waals surface area contributed by atoms with Crippen molar-refractivity contribution in [2.24, 2.45) is 40.1 Å². The van der Waals surface area contributed by atoms with Crippen LogP contribution < -0.4 is 40.1 Å². The summed E-state index contributed by atoms with van der Waals surface area (Å²) in [5.41, 5.74) is 41.0. The van der Waals surface area contributed by atoms with Gasteiger partial charge in [-0.25, -0.2) is 0 Å². The lowest BCUT2D eigenvalue weighted by molar-refractivity contribution is 0.184. The fourth-order valence-electron chi connectivity index (χ4n) is 7.12. The van der Waals surface area contributed by atoms with Crippen molar-refractivity contribution in [2.45, 2.75) is 83.5 Å². The van der Waals surface area contributed by atoms with Gasteiger partial charge in [0.15, 0.2) is 0 Å². The van der Waals surface area contributed by atoms with Gasteiger partial charge in [-0.15, -0.1) is 0 Å². The molecule has 0 unspecified atom stereocenters. The lowest BCUT2D eigenvalue weighted by atomic mass is 10.2. The highest BCUT2D eigenvalue weighted by Crippen LogP contribution is 2.07. The van der Waals surface area contributed by atoms with Crippen LogP contribution in [-0.4, -0.2) is 205 Å². The van der Waals surface area contributed by atoms with Crippen LogP contribution in [0.15, 0.2) is 0 Å². The molecule has 0 atom stereocenters. The van der Waals surface area contributed by atoms with Crippen molar-refractivity contribution in [3.8, 4) is 0 Å². The van der Waals surface area contributed by atoms with Crippen LogP contribution in [0.4, 0.5) is 0 Å². The van der Waals surface area contributed by atoms with Crippen LogP contribution in [-0.2, 0) is 0 Å². The first-order valence-corrected chi connectivity index (χ1v) is 21.9. The third-order valence-electron chi connectivity index (χ3n) is 10.1. The Morgan fingerprint density at radius 3 is 0.604 bits per heavy atom. The number of hydrogen-bond donors (Lipinski definition) is 8. The molecule has 0 aliphatic carbocycles. The predicted octanol–water partition coefficient (Wildman–Crippen LogP) is -0.427. The lowest BCUT2D eigenvalue weighted by Crippen LogP contribution is -2.37. The molecule has 0 aromatic rings. The Morgan fingerprint density at radius 2 is 0.396 bits per heavy atom. The first kappa shape index (κ1) is 52.4. The highest BCUT2D eigenvalue weighted by atomic mass is 16.3.